The third-order valence-corrected chi connectivity index (χ3v) is 2.82. The molecule has 0 saturated heterocycles. The normalized spacial score (nSPS) is 14.9. The van der Waals surface area contributed by atoms with Crippen LogP contribution in [-0.2, 0) is 0 Å². The molecule has 2 atom stereocenters. The molecule has 1 aromatic carbocycles. The van der Waals surface area contributed by atoms with Crippen LogP contribution in [0.15, 0.2) is 24.3 Å². The van der Waals surface area contributed by atoms with E-state index in [1.165, 1.54) is 5.56 Å². The Morgan fingerprint density at radius 3 is 2.40 bits per heavy atom. The van der Waals surface area contributed by atoms with Gasteiger partial charge in [0, 0.05) is 17.1 Å². The van der Waals surface area contributed by atoms with Crippen molar-refractivity contribution in [3.05, 3.63) is 34.9 Å². The number of hydrogen-bond donors (Lipinski definition) is 2. The highest BCUT2D eigenvalue weighted by molar-refractivity contribution is 6.30. The van der Waals surface area contributed by atoms with E-state index in [1.54, 1.807) is 0 Å². The smallest absolute Gasteiger partial charge is 0.0584 e. The number of benzene rings is 1. The van der Waals surface area contributed by atoms with E-state index >= 15 is 0 Å². The summed E-state index contributed by atoms with van der Waals surface area (Å²) >= 11 is 5.82. The second-order valence-electron chi connectivity index (χ2n) is 3.73. The van der Waals surface area contributed by atoms with Crippen LogP contribution in [0.3, 0.4) is 0 Å². The fraction of sp³-hybridized carbons (Fsp3) is 0.500. The van der Waals surface area contributed by atoms with E-state index in [2.05, 4.69) is 19.2 Å². The molecule has 0 aliphatic heterocycles. The molecule has 0 aromatic heterocycles. The van der Waals surface area contributed by atoms with Gasteiger partial charge in [0.25, 0.3) is 0 Å². The van der Waals surface area contributed by atoms with E-state index in [0.717, 1.165) is 11.4 Å². The topological polar surface area (TPSA) is 32.3 Å². The number of aliphatic hydroxyl groups excluding tert-OH is 1. The Balaban J connectivity index is 2.60. The second-order valence-corrected chi connectivity index (χ2v) is 4.16. The first kappa shape index (κ1) is 12.5. The molecule has 84 valence electrons. The van der Waals surface area contributed by atoms with Crippen LogP contribution in [0, 0.1) is 0 Å². The molecule has 2 N–H and O–H groups in total. The van der Waals surface area contributed by atoms with Crippen molar-refractivity contribution in [3.8, 4) is 0 Å². The van der Waals surface area contributed by atoms with Crippen LogP contribution in [0.25, 0.3) is 0 Å². The highest BCUT2D eigenvalue weighted by Crippen LogP contribution is 2.16. The van der Waals surface area contributed by atoms with E-state index < -0.39 is 0 Å². The van der Waals surface area contributed by atoms with E-state index in [0.29, 0.717) is 0 Å². The maximum atomic E-state index is 9.08. The number of aliphatic hydroxyl groups is 1. The lowest BCUT2D eigenvalue weighted by molar-refractivity contribution is 0.230. The Morgan fingerprint density at radius 1 is 1.33 bits per heavy atom. The van der Waals surface area contributed by atoms with Gasteiger partial charge in [0.15, 0.2) is 0 Å². The Bertz CT molecular complexity index is 282. The Morgan fingerprint density at radius 2 is 1.93 bits per heavy atom. The molecule has 0 bridgehead atoms. The van der Waals surface area contributed by atoms with E-state index in [-0.39, 0.29) is 18.7 Å². The number of hydrogen-bond acceptors (Lipinski definition) is 2. The molecule has 0 aliphatic rings. The molecule has 0 saturated carbocycles. The molecule has 2 unspecified atom stereocenters. The van der Waals surface area contributed by atoms with Crippen LogP contribution in [0.1, 0.15) is 31.9 Å². The summed E-state index contributed by atoms with van der Waals surface area (Å²) in [6.45, 7) is 4.32. The van der Waals surface area contributed by atoms with E-state index in [4.69, 9.17) is 16.7 Å². The molecule has 2 nitrogen and oxygen atoms in total. The molecule has 3 heteroatoms. The van der Waals surface area contributed by atoms with Crippen LogP contribution in [0.2, 0.25) is 5.02 Å². The molecule has 0 amide bonds. The summed E-state index contributed by atoms with van der Waals surface area (Å²) in [5.74, 6) is 0. The van der Waals surface area contributed by atoms with Gasteiger partial charge in [0.2, 0.25) is 0 Å². The SMILES string of the molecule is CCC(CO)NC(C)c1ccc(Cl)cc1. The van der Waals surface area contributed by atoms with Gasteiger partial charge in [-0.1, -0.05) is 30.7 Å². The maximum Gasteiger partial charge on any atom is 0.0584 e. The van der Waals surface area contributed by atoms with Gasteiger partial charge in [-0.25, -0.2) is 0 Å². The summed E-state index contributed by atoms with van der Waals surface area (Å²) in [7, 11) is 0. The highest BCUT2D eigenvalue weighted by Gasteiger charge is 2.10. The molecule has 0 radical (unpaired) electrons. The number of halogens is 1. The average molecular weight is 228 g/mol. The fourth-order valence-corrected chi connectivity index (χ4v) is 1.63. The van der Waals surface area contributed by atoms with Crippen LogP contribution in [0.4, 0.5) is 0 Å². The van der Waals surface area contributed by atoms with Crippen molar-refractivity contribution in [2.45, 2.75) is 32.4 Å². The minimum atomic E-state index is 0.163. The van der Waals surface area contributed by atoms with Gasteiger partial charge in [-0.2, -0.15) is 0 Å². The van der Waals surface area contributed by atoms with Gasteiger partial charge in [-0.3, -0.25) is 0 Å². The first-order chi connectivity index (χ1) is 7.17. The maximum absolute atomic E-state index is 9.08. The summed E-state index contributed by atoms with van der Waals surface area (Å²) in [5, 5.41) is 13.2. The standard InChI is InChI=1S/C12H18ClNO/c1-3-12(8-15)14-9(2)10-4-6-11(13)7-5-10/h4-7,9,12,14-15H,3,8H2,1-2H3. The third-order valence-electron chi connectivity index (χ3n) is 2.57. The Labute approximate surface area is 96.3 Å². The summed E-state index contributed by atoms with van der Waals surface area (Å²) in [5.41, 5.74) is 1.19. The van der Waals surface area contributed by atoms with Crippen molar-refractivity contribution in [1.82, 2.24) is 5.32 Å². The van der Waals surface area contributed by atoms with Crippen molar-refractivity contribution in [2.75, 3.05) is 6.61 Å². The molecular weight excluding hydrogens is 210 g/mol. The van der Waals surface area contributed by atoms with Crippen LogP contribution in [0.5, 0.6) is 0 Å². The van der Waals surface area contributed by atoms with Gasteiger partial charge in [-0.05, 0) is 31.0 Å². The zero-order chi connectivity index (χ0) is 11.3. The lowest BCUT2D eigenvalue weighted by Gasteiger charge is -2.20. The number of rotatable bonds is 5. The van der Waals surface area contributed by atoms with Crippen LogP contribution < -0.4 is 5.32 Å². The van der Waals surface area contributed by atoms with Crippen molar-refractivity contribution >= 4 is 11.6 Å². The molecule has 15 heavy (non-hydrogen) atoms. The first-order valence-corrected chi connectivity index (χ1v) is 5.67. The quantitative estimate of drug-likeness (QED) is 0.811. The van der Waals surface area contributed by atoms with Crippen molar-refractivity contribution in [2.24, 2.45) is 0 Å². The minimum absolute atomic E-state index is 0.163. The lowest BCUT2D eigenvalue weighted by atomic mass is 10.1. The van der Waals surface area contributed by atoms with Crippen LogP contribution >= 0.6 is 11.6 Å². The summed E-state index contributed by atoms with van der Waals surface area (Å²) in [6, 6.07) is 8.17. The molecule has 0 heterocycles. The third kappa shape index (κ3) is 3.82. The predicted molar refractivity (Wildman–Crippen MR) is 64.2 cm³/mol. The minimum Gasteiger partial charge on any atom is -0.395 e. The van der Waals surface area contributed by atoms with Gasteiger partial charge in [-0.15, -0.1) is 0 Å². The number of nitrogens with one attached hydrogen (secondary N) is 1. The zero-order valence-electron chi connectivity index (χ0n) is 9.20. The fourth-order valence-electron chi connectivity index (χ4n) is 1.50. The Hall–Kier alpha value is -0.570. The second kappa shape index (κ2) is 6.11. The molecule has 0 aliphatic carbocycles. The van der Waals surface area contributed by atoms with Gasteiger partial charge in [0.05, 0.1) is 6.61 Å². The summed E-state index contributed by atoms with van der Waals surface area (Å²) < 4.78 is 0. The molecular formula is C12H18ClNO. The predicted octanol–water partition coefficient (Wildman–Crippen LogP) is 2.76. The average Bonchev–Trinajstić information content (AvgIpc) is 2.26. The van der Waals surface area contributed by atoms with Gasteiger partial charge in [0.1, 0.15) is 0 Å². The van der Waals surface area contributed by atoms with E-state index in [9.17, 15) is 0 Å². The summed E-state index contributed by atoms with van der Waals surface area (Å²) in [4.78, 5) is 0. The van der Waals surface area contributed by atoms with Crippen molar-refractivity contribution < 1.29 is 5.11 Å². The largest absolute Gasteiger partial charge is 0.395 e. The summed E-state index contributed by atoms with van der Waals surface area (Å²) in [6.07, 6.45) is 0.925. The van der Waals surface area contributed by atoms with Crippen molar-refractivity contribution in [3.63, 3.8) is 0 Å². The van der Waals surface area contributed by atoms with E-state index in [1.807, 2.05) is 24.3 Å². The van der Waals surface area contributed by atoms with Crippen LogP contribution in [-0.4, -0.2) is 17.8 Å². The molecule has 1 aromatic rings. The lowest BCUT2D eigenvalue weighted by Crippen LogP contribution is -2.33. The monoisotopic (exact) mass is 227 g/mol. The van der Waals surface area contributed by atoms with Gasteiger partial charge < -0.3 is 10.4 Å². The zero-order valence-corrected chi connectivity index (χ0v) is 9.96. The Kier molecular flexibility index (Phi) is 5.09. The molecule has 1 rings (SSSR count). The van der Waals surface area contributed by atoms with Crippen molar-refractivity contribution in [1.29, 1.82) is 0 Å². The van der Waals surface area contributed by atoms with Gasteiger partial charge >= 0.3 is 0 Å². The first-order valence-electron chi connectivity index (χ1n) is 5.29. The molecule has 0 fully saturated rings. The molecule has 0 spiro atoms. The highest BCUT2D eigenvalue weighted by atomic mass is 35.5.